The topological polar surface area (TPSA) is 113 Å². The number of fused-ring (bicyclic) bond motifs is 2. The number of carboxylic acid groups (broad SMARTS) is 1. The van der Waals surface area contributed by atoms with E-state index in [9.17, 15) is 15.0 Å². The van der Waals surface area contributed by atoms with Crippen LogP contribution in [-0.2, 0) is 35.9 Å². The zero-order valence-corrected chi connectivity index (χ0v) is 37.2. The van der Waals surface area contributed by atoms with E-state index >= 15 is 0 Å². The maximum absolute atomic E-state index is 11.8. The lowest BCUT2D eigenvalue weighted by Gasteiger charge is -2.38. The molecule has 4 aromatic carbocycles. The van der Waals surface area contributed by atoms with Crippen LogP contribution < -0.4 is 28.4 Å². The van der Waals surface area contributed by atoms with Crippen molar-refractivity contribution in [2.45, 2.75) is 136 Å². The number of hydrogen-bond donors (Lipinski definition) is 2. The Labute approximate surface area is 357 Å². The third-order valence-corrected chi connectivity index (χ3v) is 11.9. The van der Waals surface area contributed by atoms with Crippen molar-refractivity contribution in [3.05, 3.63) is 106 Å². The first-order valence-corrected chi connectivity index (χ1v) is 21.7. The number of carboxylic acids is 1. The van der Waals surface area contributed by atoms with Crippen molar-refractivity contribution in [1.82, 2.24) is 0 Å². The van der Waals surface area contributed by atoms with E-state index in [4.69, 9.17) is 28.4 Å². The Balaban J connectivity index is 1.09. The average Bonchev–Trinajstić information content (AvgIpc) is 3.18. The highest BCUT2D eigenvalue weighted by molar-refractivity contribution is 5.78. The molecule has 3 atom stereocenters. The molecule has 0 bridgehead atoms. The molecule has 2 heterocycles. The highest BCUT2D eigenvalue weighted by Gasteiger charge is 2.39. The largest absolute Gasteiger partial charge is 0.493 e. The van der Waals surface area contributed by atoms with Crippen molar-refractivity contribution in [1.29, 1.82) is 0 Å². The predicted octanol–water partition coefficient (Wildman–Crippen LogP) is 10.4. The number of hydrogen-bond acceptors (Lipinski definition) is 8. The first kappa shape index (κ1) is 44.7. The van der Waals surface area contributed by atoms with Gasteiger partial charge in [0.25, 0.3) is 0 Å². The van der Waals surface area contributed by atoms with Crippen molar-refractivity contribution in [2.24, 2.45) is 5.92 Å². The number of ether oxygens (including phenoxy) is 6. The predicted molar refractivity (Wildman–Crippen MR) is 236 cm³/mol. The normalized spacial score (nSPS) is 19.1. The second-order valence-corrected chi connectivity index (χ2v) is 18.6. The smallest absolute Gasteiger partial charge is 0.347 e. The summed E-state index contributed by atoms with van der Waals surface area (Å²) < 4.78 is 37.2. The highest BCUT2D eigenvalue weighted by atomic mass is 16.5. The molecule has 0 saturated heterocycles. The number of aryl methyl sites for hydroxylation is 3. The van der Waals surface area contributed by atoms with Crippen LogP contribution in [0.5, 0.6) is 34.5 Å². The van der Waals surface area contributed by atoms with Crippen LogP contribution >= 0.6 is 0 Å². The Morgan fingerprint density at radius 2 is 1.30 bits per heavy atom. The van der Waals surface area contributed by atoms with Gasteiger partial charge in [0, 0.05) is 37.8 Å². The Hall–Kier alpha value is -4.89. The number of rotatable bonds is 18. The van der Waals surface area contributed by atoms with Gasteiger partial charge in [-0.05, 0) is 128 Å². The van der Waals surface area contributed by atoms with Crippen LogP contribution in [0, 0.1) is 12.8 Å². The SMILES string of the molecule is Cc1cc(CC(C)C)c(Cc2cc(C(C)(C)C)ccc2OCCCOc2ccc3c(c2)O[C@@](C)(C(=O)O)CC3)cc1OCCCOc1ccc2c(c1)O[C@@](C)(C(C)O)CC2. The fraction of sp³-hybridized carbons (Fsp3) is 0.510. The van der Waals surface area contributed by atoms with Crippen molar-refractivity contribution < 1.29 is 43.4 Å². The molecule has 2 aliphatic heterocycles. The molecule has 2 aliphatic rings. The molecule has 0 aliphatic carbocycles. The summed E-state index contributed by atoms with van der Waals surface area (Å²) in [5, 5.41) is 19.9. The highest BCUT2D eigenvalue weighted by Crippen LogP contribution is 2.39. The summed E-state index contributed by atoms with van der Waals surface area (Å²) in [5.41, 5.74) is 6.31. The van der Waals surface area contributed by atoms with E-state index in [0.29, 0.717) is 75.9 Å². The van der Waals surface area contributed by atoms with Crippen molar-refractivity contribution in [3.8, 4) is 34.5 Å². The number of aliphatic hydroxyl groups is 1. The molecule has 0 saturated carbocycles. The number of aliphatic carboxylic acids is 1. The monoisotopic (exact) mass is 822 g/mol. The van der Waals surface area contributed by atoms with Crippen molar-refractivity contribution in [3.63, 3.8) is 0 Å². The number of benzene rings is 4. The van der Waals surface area contributed by atoms with Gasteiger partial charge in [-0.25, -0.2) is 4.79 Å². The molecule has 1 unspecified atom stereocenters. The molecule has 9 nitrogen and oxygen atoms in total. The van der Waals surface area contributed by atoms with E-state index in [1.807, 2.05) is 31.2 Å². The molecule has 9 heteroatoms. The lowest BCUT2D eigenvalue weighted by Crippen LogP contribution is -2.45. The second-order valence-electron chi connectivity index (χ2n) is 18.6. The zero-order valence-electron chi connectivity index (χ0n) is 37.2. The summed E-state index contributed by atoms with van der Waals surface area (Å²) >= 11 is 0. The molecule has 6 rings (SSSR count). The van der Waals surface area contributed by atoms with Gasteiger partial charge in [-0.15, -0.1) is 0 Å². The van der Waals surface area contributed by atoms with Gasteiger partial charge in [0.2, 0.25) is 5.60 Å². The number of aliphatic hydroxyl groups excluding tert-OH is 1. The summed E-state index contributed by atoms with van der Waals surface area (Å²) in [5.74, 6) is 4.01. The van der Waals surface area contributed by atoms with Crippen LogP contribution in [0.3, 0.4) is 0 Å². The minimum Gasteiger partial charge on any atom is -0.493 e. The summed E-state index contributed by atoms with van der Waals surface area (Å²) in [6.45, 7) is 20.6. The minimum atomic E-state index is -1.23. The summed E-state index contributed by atoms with van der Waals surface area (Å²) in [6, 6.07) is 22.7. The third kappa shape index (κ3) is 11.1. The van der Waals surface area contributed by atoms with Crippen LogP contribution in [0.15, 0.2) is 66.7 Å². The molecule has 4 aromatic rings. The molecular formula is C51H66O9. The van der Waals surface area contributed by atoms with E-state index in [0.717, 1.165) is 64.5 Å². The van der Waals surface area contributed by atoms with E-state index in [-0.39, 0.29) is 5.41 Å². The van der Waals surface area contributed by atoms with E-state index in [1.165, 1.54) is 16.7 Å². The summed E-state index contributed by atoms with van der Waals surface area (Å²) in [7, 11) is 0. The summed E-state index contributed by atoms with van der Waals surface area (Å²) in [6.07, 6.45) is 5.19. The second kappa shape index (κ2) is 18.8. The Morgan fingerprint density at radius 3 is 1.88 bits per heavy atom. The molecule has 0 radical (unpaired) electrons. The Morgan fingerprint density at radius 1 is 0.717 bits per heavy atom. The lowest BCUT2D eigenvalue weighted by atomic mass is 9.84. The van der Waals surface area contributed by atoms with Crippen LogP contribution in [0.25, 0.3) is 0 Å². The molecule has 0 amide bonds. The van der Waals surface area contributed by atoms with Gasteiger partial charge in [0.15, 0.2) is 0 Å². The molecule has 0 aromatic heterocycles. The third-order valence-electron chi connectivity index (χ3n) is 11.9. The molecule has 2 N–H and O–H groups in total. The van der Waals surface area contributed by atoms with Crippen molar-refractivity contribution >= 4 is 5.97 Å². The van der Waals surface area contributed by atoms with Gasteiger partial charge >= 0.3 is 5.97 Å². The van der Waals surface area contributed by atoms with Crippen LogP contribution in [0.4, 0.5) is 0 Å². The quantitative estimate of drug-likeness (QED) is 0.0947. The average molecular weight is 823 g/mol. The van der Waals surface area contributed by atoms with Crippen LogP contribution in [0.2, 0.25) is 0 Å². The van der Waals surface area contributed by atoms with E-state index < -0.39 is 23.3 Å². The first-order valence-electron chi connectivity index (χ1n) is 21.7. The standard InChI is InChI=1S/C51H66O9/c1-33(2)26-38-27-34(3)45(58-25-11-23-56-42-15-12-36-18-20-50(8,35(4)52)59-46(36)31-42)30-39(38)28-40-29-41(49(5,6)7)14-17-44(40)57-24-10-22-55-43-16-13-37-19-21-51(9,48(53)54)60-47(37)32-43/h12-17,27,29-33,35,52H,10-11,18-26,28H2,1-9H3,(H,53,54)/t35?,50-,51-/m1/s1. The molecule has 0 spiro atoms. The fourth-order valence-corrected chi connectivity index (χ4v) is 7.78. The van der Waals surface area contributed by atoms with Gasteiger partial charge in [-0.2, -0.15) is 0 Å². The van der Waals surface area contributed by atoms with Crippen LogP contribution in [0.1, 0.15) is 120 Å². The van der Waals surface area contributed by atoms with Crippen molar-refractivity contribution in [2.75, 3.05) is 26.4 Å². The fourth-order valence-electron chi connectivity index (χ4n) is 7.78. The summed E-state index contributed by atoms with van der Waals surface area (Å²) in [4.78, 5) is 11.8. The van der Waals surface area contributed by atoms with Gasteiger partial charge in [0.1, 0.15) is 40.1 Å². The van der Waals surface area contributed by atoms with Gasteiger partial charge < -0.3 is 38.6 Å². The maximum atomic E-state index is 11.8. The van der Waals surface area contributed by atoms with E-state index in [1.54, 1.807) is 19.9 Å². The Kier molecular flexibility index (Phi) is 14.0. The number of carbonyl (C=O) groups is 1. The molecule has 324 valence electrons. The zero-order chi connectivity index (χ0) is 43.2. The van der Waals surface area contributed by atoms with E-state index in [2.05, 4.69) is 77.9 Å². The Bertz CT molecular complexity index is 2110. The van der Waals surface area contributed by atoms with Gasteiger partial charge in [-0.1, -0.05) is 65.0 Å². The maximum Gasteiger partial charge on any atom is 0.347 e. The lowest BCUT2D eigenvalue weighted by molar-refractivity contribution is -0.155. The van der Waals surface area contributed by atoms with Gasteiger partial charge in [-0.3, -0.25) is 0 Å². The molecular weight excluding hydrogens is 757 g/mol. The molecule has 0 fully saturated rings. The molecule has 60 heavy (non-hydrogen) atoms. The van der Waals surface area contributed by atoms with Crippen LogP contribution in [-0.4, -0.2) is 59.9 Å². The van der Waals surface area contributed by atoms with Gasteiger partial charge in [0.05, 0.1) is 32.5 Å². The first-order chi connectivity index (χ1) is 28.4. The minimum absolute atomic E-state index is 0.0310.